The third-order valence-corrected chi connectivity index (χ3v) is 6.21. The fourth-order valence-electron chi connectivity index (χ4n) is 2.33. The Hall–Kier alpha value is -3.17. The predicted octanol–water partition coefficient (Wildman–Crippen LogP) is 3.16. The smallest absolute Gasteiger partial charge is 0.262 e. The molecular formula is C19H17N3O4S2. The highest BCUT2D eigenvalue weighted by molar-refractivity contribution is 7.92. The molecule has 0 saturated carbocycles. The first-order valence-electron chi connectivity index (χ1n) is 8.19. The number of sulfonamides is 1. The summed E-state index contributed by atoms with van der Waals surface area (Å²) in [7, 11) is -2.34. The van der Waals surface area contributed by atoms with Crippen LogP contribution in [0.5, 0.6) is 0 Å². The van der Waals surface area contributed by atoms with E-state index in [0.717, 1.165) is 11.3 Å². The molecule has 0 fully saturated rings. The third kappa shape index (κ3) is 4.56. The number of benzene rings is 2. The first kappa shape index (κ1) is 19.6. The van der Waals surface area contributed by atoms with Crippen molar-refractivity contribution in [3.8, 4) is 0 Å². The average molecular weight is 415 g/mol. The van der Waals surface area contributed by atoms with Crippen LogP contribution in [0.1, 0.15) is 20.0 Å². The summed E-state index contributed by atoms with van der Waals surface area (Å²) in [4.78, 5) is 24.0. The Morgan fingerprint density at radius 1 is 0.893 bits per heavy atom. The summed E-state index contributed by atoms with van der Waals surface area (Å²) < 4.78 is 27.4. The molecule has 0 spiro atoms. The van der Waals surface area contributed by atoms with E-state index in [1.807, 2.05) is 6.07 Å². The fraction of sp³-hybridized carbons (Fsp3) is 0.0526. The minimum absolute atomic E-state index is 0.0116. The second-order valence-corrected chi connectivity index (χ2v) is 8.32. The van der Waals surface area contributed by atoms with E-state index in [4.69, 9.17) is 0 Å². The topological polar surface area (TPSA) is 104 Å². The van der Waals surface area contributed by atoms with Gasteiger partial charge in [0.05, 0.1) is 9.77 Å². The molecule has 0 aliphatic carbocycles. The van der Waals surface area contributed by atoms with Crippen LogP contribution in [0.2, 0.25) is 0 Å². The van der Waals surface area contributed by atoms with Gasteiger partial charge in [-0.25, -0.2) is 8.42 Å². The maximum atomic E-state index is 12.5. The Balaban J connectivity index is 1.69. The monoisotopic (exact) mass is 415 g/mol. The van der Waals surface area contributed by atoms with Crippen LogP contribution in [-0.2, 0) is 10.0 Å². The summed E-state index contributed by atoms with van der Waals surface area (Å²) in [5.74, 6) is -0.598. The zero-order valence-corrected chi connectivity index (χ0v) is 16.4. The molecule has 0 aliphatic rings. The molecule has 1 heterocycles. The van der Waals surface area contributed by atoms with Crippen LogP contribution < -0.4 is 15.4 Å². The molecule has 0 aliphatic heterocycles. The van der Waals surface area contributed by atoms with Gasteiger partial charge in [0.1, 0.15) is 0 Å². The van der Waals surface area contributed by atoms with Crippen LogP contribution in [0.4, 0.5) is 11.4 Å². The number of anilines is 2. The first-order valence-corrected chi connectivity index (χ1v) is 10.6. The molecule has 0 atom stereocenters. The lowest BCUT2D eigenvalue weighted by atomic mass is 10.2. The van der Waals surface area contributed by atoms with E-state index in [-0.39, 0.29) is 16.7 Å². The lowest BCUT2D eigenvalue weighted by molar-refractivity contribution is 0.0966. The Morgan fingerprint density at radius 3 is 2.18 bits per heavy atom. The molecule has 0 saturated heterocycles. The van der Waals surface area contributed by atoms with Gasteiger partial charge in [0, 0.05) is 29.4 Å². The quantitative estimate of drug-likeness (QED) is 0.575. The van der Waals surface area contributed by atoms with Gasteiger partial charge in [0.2, 0.25) is 0 Å². The van der Waals surface area contributed by atoms with E-state index in [9.17, 15) is 18.0 Å². The number of thiophene rings is 1. The van der Waals surface area contributed by atoms with Crippen LogP contribution in [0.3, 0.4) is 0 Å². The number of carbonyl (C=O) groups is 2. The van der Waals surface area contributed by atoms with Gasteiger partial charge in [0.15, 0.2) is 0 Å². The Kier molecular flexibility index (Phi) is 5.76. The van der Waals surface area contributed by atoms with Crippen molar-refractivity contribution in [2.45, 2.75) is 4.90 Å². The molecule has 0 radical (unpaired) electrons. The summed E-state index contributed by atoms with van der Waals surface area (Å²) >= 11 is 1.05. The Labute approximate surface area is 166 Å². The first-order chi connectivity index (χ1) is 13.4. The summed E-state index contributed by atoms with van der Waals surface area (Å²) in [6.45, 7) is 0. The molecule has 144 valence electrons. The standard InChI is InChI=1S/C19H17N3O4S2/c1-20-19(24)17-11-16(12-27-17)28(25,26)22-15-9-7-14(8-10-15)21-18(23)13-5-3-2-4-6-13/h2-12,22H,1H3,(H,20,24)(H,21,23). The van der Waals surface area contributed by atoms with Crippen molar-refractivity contribution in [2.75, 3.05) is 17.1 Å². The largest absolute Gasteiger partial charge is 0.354 e. The number of nitrogens with one attached hydrogen (secondary N) is 3. The minimum Gasteiger partial charge on any atom is -0.354 e. The fourth-order valence-corrected chi connectivity index (χ4v) is 4.61. The molecule has 2 amide bonds. The van der Waals surface area contributed by atoms with Crippen molar-refractivity contribution in [1.82, 2.24) is 5.32 Å². The van der Waals surface area contributed by atoms with Crippen LogP contribution >= 0.6 is 11.3 Å². The van der Waals surface area contributed by atoms with E-state index >= 15 is 0 Å². The average Bonchev–Trinajstić information content (AvgIpc) is 3.21. The normalized spacial score (nSPS) is 10.9. The van der Waals surface area contributed by atoms with E-state index in [0.29, 0.717) is 21.8 Å². The summed E-state index contributed by atoms with van der Waals surface area (Å²) in [6.07, 6.45) is 0. The molecule has 2 aromatic carbocycles. The number of carbonyl (C=O) groups excluding carboxylic acids is 2. The van der Waals surface area contributed by atoms with Crippen molar-refractivity contribution in [3.05, 3.63) is 76.5 Å². The van der Waals surface area contributed by atoms with Crippen molar-refractivity contribution in [2.24, 2.45) is 0 Å². The van der Waals surface area contributed by atoms with Gasteiger partial charge < -0.3 is 10.6 Å². The summed E-state index contributed by atoms with van der Waals surface area (Å²) in [5, 5.41) is 6.60. The highest BCUT2D eigenvalue weighted by Crippen LogP contribution is 2.23. The van der Waals surface area contributed by atoms with Gasteiger partial charge >= 0.3 is 0 Å². The number of hydrogen-bond donors (Lipinski definition) is 3. The molecule has 3 N–H and O–H groups in total. The molecule has 1 aromatic heterocycles. The Morgan fingerprint density at radius 2 is 1.54 bits per heavy atom. The predicted molar refractivity (Wildman–Crippen MR) is 109 cm³/mol. The molecule has 9 heteroatoms. The minimum atomic E-state index is -3.82. The maximum Gasteiger partial charge on any atom is 0.262 e. The third-order valence-electron chi connectivity index (χ3n) is 3.77. The highest BCUT2D eigenvalue weighted by Gasteiger charge is 2.18. The van der Waals surface area contributed by atoms with Crippen LogP contribution in [0.25, 0.3) is 0 Å². The molecule has 28 heavy (non-hydrogen) atoms. The van der Waals surface area contributed by atoms with Crippen LogP contribution in [0.15, 0.2) is 70.9 Å². The Bertz CT molecular complexity index is 1090. The molecule has 3 rings (SSSR count). The van der Waals surface area contributed by atoms with E-state index in [2.05, 4.69) is 15.4 Å². The van der Waals surface area contributed by atoms with E-state index in [1.165, 1.54) is 18.5 Å². The van der Waals surface area contributed by atoms with Crippen LogP contribution in [0, 0.1) is 0 Å². The number of amides is 2. The molecule has 0 bridgehead atoms. The van der Waals surface area contributed by atoms with Crippen molar-refractivity contribution in [1.29, 1.82) is 0 Å². The summed E-state index contributed by atoms with van der Waals surface area (Å²) in [5.41, 5.74) is 1.40. The summed E-state index contributed by atoms with van der Waals surface area (Å²) in [6, 6.07) is 16.4. The lowest BCUT2D eigenvalue weighted by Gasteiger charge is -2.09. The molecule has 0 unspecified atom stereocenters. The van der Waals surface area contributed by atoms with Gasteiger partial charge in [-0.2, -0.15) is 0 Å². The number of hydrogen-bond acceptors (Lipinski definition) is 5. The number of rotatable bonds is 6. The van der Waals surface area contributed by atoms with Gasteiger partial charge in [-0.3, -0.25) is 14.3 Å². The second-order valence-electron chi connectivity index (χ2n) is 5.73. The lowest BCUT2D eigenvalue weighted by Crippen LogP contribution is -2.16. The molecule has 7 nitrogen and oxygen atoms in total. The SMILES string of the molecule is CNC(=O)c1cc(S(=O)(=O)Nc2ccc(NC(=O)c3ccccc3)cc2)cs1. The van der Waals surface area contributed by atoms with Crippen molar-refractivity contribution < 1.29 is 18.0 Å². The maximum absolute atomic E-state index is 12.5. The molecule has 3 aromatic rings. The van der Waals surface area contributed by atoms with Crippen molar-refractivity contribution >= 4 is 44.5 Å². The van der Waals surface area contributed by atoms with Crippen molar-refractivity contribution in [3.63, 3.8) is 0 Å². The van der Waals surface area contributed by atoms with Gasteiger partial charge in [-0.15, -0.1) is 11.3 Å². The highest BCUT2D eigenvalue weighted by atomic mass is 32.2. The van der Waals surface area contributed by atoms with Crippen LogP contribution in [-0.4, -0.2) is 27.3 Å². The van der Waals surface area contributed by atoms with Gasteiger partial charge in [-0.05, 0) is 42.5 Å². The zero-order valence-electron chi connectivity index (χ0n) is 14.8. The van der Waals surface area contributed by atoms with Gasteiger partial charge in [-0.1, -0.05) is 18.2 Å². The second kappa shape index (κ2) is 8.24. The zero-order chi connectivity index (χ0) is 20.1. The molecular weight excluding hydrogens is 398 g/mol. The van der Waals surface area contributed by atoms with E-state index < -0.39 is 10.0 Å². The van der Waals surface area contributed by atoms with E-state index in [1.54, 1.807) is 48.5 Å². The van der Waals surface area contributed by atoms with Gasteiger partial charge in [0.25, 0.3) is 21.8 Å².